The number of ether oxygens (including phenoxy) is 2. The van der Waals surface area contributed by atoms with Crippen molar-refractivity contribution < 1.29 is 9.47 Å². The van der Waals surface area contributed by atoms with Crippen molar-refractivity contribution in [1.82, 2.24) is 5.32 Å². The molecule has 0 saturated heterocycles. The standard InChI is InChI=1S/C15H20BrNO2/c16-13-7-11(8-14-15(13)19-10-18-14)9-17-12-5-3-1-2-4-6-12/h7-8,12,17H,1-6,9-10H2. The lowest BCUT2D eigenvalue weighted by atomic mass is 10.1. The number of fused-ring (bicyclic) bond motifs is 1. The molecule has 1 aromatic carbocycles. The second-order valence-corrected chi connectivity index (χ2v) is 6.24. The predicted molar refractivity (Wildman–Crippen MR) is 78.6 cm³/mol. The highest BCUT2D eigenvalue weighted by Gasteiger charge is 2.18. The smallest absolute Gasteiger partial charge is 0.231 e. The number of hydrogen-bond donors (Lipinski definition) is 1. The second kappa shape index (κ2) is 6.14. The van der Waals surface area contributed by atoms with Gasteiger partial charge in [-0.25, -0.2) is 0 Å². The summed E-state index contributed by atoms with van der Waals surface area (Å²) in [6.07, 6.45) is 8.14. The van der Waals surface area contributed by atoms with Crippen LogP contribution in [0.3, 0.4) is 0 Å². The van der Waals surface area contributed by atoms with E-state index in [1.54, 1.807) is 0 Å². The predicted octanol–water partition coefficient (Wildman–Crippen LogP) is 3.99. The van der Waals surface area contributed by atoms with Crippen molar-refractivity contribution in [3.63, 3.8) is 0 Å². The summed E-state index contributed by atoms with van der Waals surface area (Å²) < 4.78 is 11.8. The Morgan fingerprint density at radius 3 is 2.68 bits per heavy atom. The van der Waals surface area contributed by atoms with E-state index < -0.39 is 0 Å². The van der Waals surface area contributed by atoms with Crippen LogP contribution in [0.2, 0.25) is 0 Å². The molecule has 0 atom stereocenters. The molecule has 4 heteroatoms. The first-order valence-electron chi connectivity index (χ1n) is 7.14. The van der Waals surface area contributed by atoms with Gasteiger partial charge in [-0.2, -0.15) is 0 Å². The van der Waals surface area contributed by atoms with Crippen molar-refractivity contribution in [3.8, 4) is 11.5 Å². The minimum absolute atomic E-state index is 0.327. The molecule has 0 aromatic heterocycles. The van der Waals surface area contributed by atoms with Crippen molar-refractivity contribution in [2.24, 2.45) is 0 Å². The molecule has 19 heavy (non-hydrogen) atoms. The molecule has 2 aliphatic rings. The van der Waals surface area contributed by atoms with Gasteiger partial charge in [0.2, 0.25) is 6.79 Å². The summed E-state index contributed by atoms with van der Waals surface area (Å²) in [5.74, 6) is 1.69. The maximum atomic E-state index is 5.45. The molecule has 1 saturated carbocycles. The van der Waals surface area contributed by atoms with E-state index in [2.05, 4.69) is 33.4 Å². The van der Waals surface area contributed by atoms with E-state index in [-0.39, 0.29) is 0 Å². The molecule has 0 unspecified atom stereocenters. The van der Waals surface area contributed by atoms with Gasteiger partial charge in [-0.05, 0) is 46.5 Å². The van der Waals surface area contributed by atoms with Gasteiger partial charge in [0.05, 0.1) is 4.47 Å². The lowest BCUT2D eigenvalue weighted by molar-refractivity contribution is 0.173. The van der Waals surface area contributed by atoms with Crippen LogP contribution in [-0.4, -0.2) is 12.8 Å². The van der Waals surface area contributed by atoms with E-state index in [4.69, 9.17) is 9.47 Å². The average molecular weight is 326 g/mol. The Bertz CT molecular complexity index is 442. The van der Waals surface area contributed by atoms with Crippen LogP contribution in [0.5, 0.6) is 11.5 Å². The monoisotopic (exact) mass is 325 g/mol. The van der Waals surface area contributed by atoms with Crippen molar-refractivity contribution in [1.29, 1.82) is 0 Å². The third kappa shape index (κ3) is 3.23. The molecular formula is C15H20BrNO2. The molecular weight excluding hydrogens is 306 g/mol. The van der Waals surface area contributed by atoms with Crippen LogP contribution in [0.4, 0.5) is 0 Å². The van der Waals surface area contributed by atoms with Gasteiger partial charge < -0.3 is 14.8 Å². The molecule has 0 spiro atoms. The Labute approximate surface area is 122 Å². The van der Waals surface area contributed by atoms with Crippen molar-refractivity contribution >= 4 is 15.9 Å². The highest BCUT2D eigenvalue weighted by atomic mass is 79.9. The molecule has 1 aliphatic carbocycles. The molecule has 0 radical (unpaired) electrons. The molecule has 1 aromatic rings. The first-order chi connectivity index (χ1) is 9.33. The molecule has 1 fully saturated rings. The van der Waals surface area contributed by atoms with Gasteiger partial charge in [0.15, 0.2) is 11.5 Å². The summed E-state index contributed by atoms with van der Waals surface area (Å²) in [7, 11) is 0. The summed E-state index contributed by atoms with van der Waals surface area (Å²) in [6, 6.07) is 4.88. The number of rotatable bonds is 3. The molecule has 1 heterocycles. The number of hydrogen-bond acceptors (Lipinski definition) is 3. The zero-order chi connectivity index (χ0) is 13.1. The molecule has 104 valence electrons. The zero-order valence-corrected chi connectivity index (χ0v) is 12.7. The summed E-state index contributed by atoms with van der Waals surface area (Å²) in [4.78, 5) is 0. The van der Waals surface area contributed by atoms with Crippen LogP contribution in [-0.2, 0) is 6.54 Å². The number of nitrogens with one attached hydrogen (secondary N) is 1. The fourth-order valence-electron chi connectivity index (χ4n) is 2.87. The minimum atomic E-state index is 0.327. The lowest BCUT2D eigenvalue weighted by Gasteiger charge is -2.16. The molecule has 1 aliphatic heterocycles. The number of benzene rings is 1. The Balaban J connectivity index is 1.62. The SMILES string of the molecule is Brc1cc(CNC2CCCCCC2)cc2c1OCO2. The van der Waals surface area contributed by atoms with E-state index in [1.165, 1.54) is 44.1 Å². The van der Waals surface area contributed by atoms with E-state index in [1.807, 2.05) is 0 Å². The third-order valence-corrected chi connectivity index (χ3v) is 4.53. The van der Waals surface area contributed by atoms with Crippen molar-refractivity contribution in [2.45, 2.75) is 51.1 Å². The van der Waals surface area contributed by atoms with Gasteiger partial charge in [0.25, 0.3) is 0 Å². The molecule has 3 rings (SSSR count). The highest BCUT2D eigenvalue weighted by molar-refractivity contribution is 9.10. The second-order valence-electron chi connectivity index (χ2n) is 5.38. The average Bonchev–Trinajstić information content (AvgIpc) is 2.73. The fourth-order valence-corrected chi connectivity index (χ4v) is 3.47. The maximum Gasteiger partial charge on any atom is 0.231 e. The van der Waals surface area contributed by atoms with Crippen LogP contribution in [0, 0.1) is 0 Å². The summed E-state index contributed by atoms with van der Waals surface area (Å²) >= 11 is 3.54. The normalized spacial score (nSPS) is 19.4. The third-order valence-electron chi connectivity index (χ3n) is 3.94. The Morgan fingerprint density at radius 1 is 1.11 bits per heavy atom. The first kappa shape index (κ1) is 13.3. The Morgan fingerprint density at radius 2 is 1.89 bits per heavy atom. The fraction of sp³-hybridized carbons (Fsp3) is 0.600. The van der Waals surface area contributed by atoms with Crippen LogP contribution in [0.15, 0.2) is 16.6 Å². The Hall–Kier alpha value is -0.740. The van der Waals surface area contributed by atoms with Crippen LogP contribution < -0.4 is 14.8 Å². The summed E-state index contributed by atoms with van der Waals surface area (Å²) in [6.45, 7) is 1.23. The number of halogens is 1. The lowest BCUT2D eigenvalue weighted by Crippen LogP contribution is -2.27. The minimum Gasteiger partial charge on any atom is -0.454 e. The topological polar surface area (TPSA) is 30.5 Å². The van der Waals surface area contributed by atoms with E-state index in [9.17, 15) is 0 Å². The molecule has 0 amide bonds. The van der Waals surface area contributed by atoms with Crippen molar-refractivity contribution in [3.05, 3.63) is 22.2 Å². The van der Waals surface area contributed by atoms with E-state index in [0.29, 0.717) is 12.8 Å². The van der Waals surface area contributed by atoms with Gasteiger partial charge in [0, 0.05) is 12.6 Å². The van der Waals surface area contributed by atoms with Gasteiger partial charge in [-0.3, -0.25) is 0 Å². The molecule has 3 nitrogen and oxygen atoms in total. The highest BCUT2D eigenvalue weighted by Crippen LogP contribution is 2.40. The van der Waals surface area contributed by atoms with Crippen LogP contribution >= 0.6 is 15.9 Å². The first-order valence-corrected chi connectivity index (χ1v) is 7.93. The van der Waals surface area contributed by atoms with Gasteiger partial charge >= 0.3 is 0 Å². The zero-order valence-electron chi connectivity index (χ0n) is 11.1. The largest absolute Gasteiger partial charge is 0.454 e. The maximum absolute atomic E-state index is 5.45. The van der Waals surface area contributed by atoms with E-state index >= 15 is 0 Å². The van der Waals surface area contributed by atoms with E-state index in [0.717, 1.165) is 22.5 Å². The Kier molecular flexibility index (Phi) is 4.28. The van der Waals surface area contributed by atoms with Crippen LogP contribution in [0.1, 0.15) is 44.1 Å². The quantitative estimate of drug-likeness (QED) is 0.852. The van der Waals surface area contributed by atoms with Gasteiger partial charge in [-0.15, -0.1) is 0 Å². The summed E-state index contributed by atoms with van der Waals surface area (Å²) in [5, 5.41) is 3.68. The molecule has 1 N–H and O–H groups in total. The van der Waals surface area contributed by atoms with Crippen LogP contribution in [0.25, 0.3) is 0 Å². The van der Waals surface area contributed by atoms with Gasteiger partial charge in [-0.1, -0.05) is 25.7 Å². The van der Waals surface area contributed by atoms with Gasteiger partial charge in [0.1, 0.15) is 0 Å². The van der Waals surface area contributed by atoms with Crippen molar-refractivity contribution in [2.75, 3.05) is 6.79 Å². The summed E-state index contributed by atoms with van der Waals surface area (Å²) in [5.41, 5.74) is 1.25. The molecule has 0 bridgehead atoms.